The standard InChI is InChI=1S/C61H37N3O/c1-3-15-39(16-4-1)59-62-60(40-17-5-2-6-18-40)64-61(63-59)41-31-29-38(30-32-41)42-19-13-20-43(35-42)54-37-56-53-28-14-27-45(57(53)65-58(56)52-26-12-11-25-50(52)54)44-33-34-51-48-23-8-7-21-46(48)47-22-9-10-24-49(47)55(51)36-44/h1-37H. The van der Waals surface area contributed by atoms with Crippen LogP contribution in [0.15, 0.2) is 229 Å². The first-order valence-corrected chi connectivity index (χ1v) is 22.0. The average Bonchev–Trinajstić information content (AvgIpc) is 3.78. The lowest BCUT2D eigenvalue weighted by Crippen LogP contribution is -2.00. The van der Waals surface area contributed by atoms with E-state index in [0.29, 0.717) is 17.5 Å². The van der Waals surface area contributed by atoms with Crippen molar-refractivity contribution in [2.45, 2.75) is 0 Å². The second kappa shape index (κ2) is 15.0. The van der Waals surface area contributed by atoms with E-state index in [0.717, 1.165) is 82.8 Å². The topological polar surface area (TPSA) is 51.8 Å². The summed E-state index contributed by atoms with van der Waals surface area (Å²) >= 11 is 0. The Bertz CT molecular complexity index is 3890. The van der Waals surface area contributed by atoms with Gasteiger partial charge in [0.15, 0.2) is 17.5 Å². The van der Waals surface area contributed by atoms with Gasteiger partial charge in [-0.2, -0.15) is 0 Å². The Morgan fingerprint density at radius 1 is 0.215 bits per heavy atom. The molecule has 0 radical (unpaired) electrons. The van der Waals surface area contributed by atoms with Gasteiger partial charge in [-0.25, -0.2) is 15.0 Å². The zero-order chi connectivity index (χ0) is 42.8. The molecule has 0 atom stereocenters. The van der Waals surface area contributed by atoms with Gasteiger partial charge in [0.2, 0.25) is 0 Å². The molecule has 0 saturated heterocycles. The summed E-state index contributed by atoms with van der Waals surface area (Å²) in [6, 6.07) is 79.4. The lowest BCUT2D eigenvalue weighted by atomic mass is 9.91. The fraction of sp³-hybridized carbons (Fsp3) is 0. The molecule has 0 bridgehead atoms. The zero-order valence-electron chi connectivity index (χ0n) is 35.1. The van der Waals surface area contributed by atoms with E-state index >= 15 is 0 Å². The molecule has 0 aliphatic carbocycles. The van der Waals surface area contributed by atoms with E-state index in [9.17, 15) is 0 Å². The maximum atomic E-state index is 7.00. The third-order valence-electron chi connectivity index (χ3n) is 12.9. The van der Waals surface area contributed by atoms with E-state index in [2.05, 4.69) is 164 Å². The van der Waals surface area contributed by atoms with E-state index in [-0.39, 0.29) is 0 Å². The molecular formula is C61H37N3O. The van der Waals surface area contributed by atoms with Crippen molar-refractivity contribution in [1.82, 2.24) is 15.0 Å². The van der Waals surface area contributed by atoms with Crippen LogP contribution in [-0.4, -0.2) is 15.0 Å². The molecule has 0 fully saturated rings. The van der Waals surface area contributed by atoms with Crippen LogP contribution in [0.1, 0.15) is 0 Å². The SMILES string of the molecule is c1ccc(-c2nc(-c3ccccc3)nc(-c3ccc(-c4cccc(-c5cc6c7cccc(-c8ccc9c%10ccccc%10c%10ccccc%10c9c8)c7oc6c6ccccc56)c4)cc3)n2)cc1. The predicted octanol–water partition coefficient (Wildman–Crippen LogP) is 16.4. The molecule has 0 amide bonds. The Morgan fingerprint density at radius 3 is 1.26 bits per heavy atom. The Hall–Kier alpha value is -8.73. The zero-order valence-corrected chi connectivity index (χ0v) is 35.1. The third-order valence-corrected chi connectivity index (χ3v) is 12.9. The molecule has 13 aromatic rings. The van der Waals surface area contributed by atoms with Crippen LogP contribution in [0.5, 0.6) is 0 Å². The molecule has 0 saturated carbocycles. The van der Waals surface area contributed by atoms with E-state index in [4.69, 9.17) is 19.4 Å². The van der Waals surface area contributed by atoms with Crippen LogP contribution in [0, 0.1) is 0 Å². The molecule has 0 unspecified atom stereocenters. The summed E-state index contributed by atoms with van der Waals surface area (Å²) in [7, 11) is 0. The highest BCUT2D eigenvalue weighted by Gasteiger charge is 2.19. The first kappa shape index (κ1) is 36.9. The average molecular weight is 828 g/mol. The summed E-state index contributed by atoms with van der Waals surface area (Å²) in [6.07, 6.45) is 0. The van der Waals surface area contributed by atoms with Crippen LogP contribution >= 0.6 is 0 Å². The highest BCUT2D eigenvalue weighted by atomic mass is 16.3. The van der Waals surface area contributed by atoms with Gasteiger partial charge < -0.3 is 4.42 Å². The summed E-state index contributed by atoms with van der Waals surface area (Å²) in [5.74, 6) is 1.93. The molecular weight excluding hydrogens is 791 g/mol. The molecule has 0 aliphatic heterocycles. The molecule has 302 valence electrons. The second-order valence-corrected chi connectivity index (χ2v) is 16.7. The molecule has 4 heteroatoms. The van der Waals surface area contributed by atoms with Crippen molar-refractivity contribution in [3.63, 3.8) is 0 Å². The maximum Gasteiger partial charge on any atom is 0.164 e. The summed E-state index contributed by atoms with van der Waals surface area (Å²) in [5.41, 5.74) is 11.4. The van der Waals surface area contributed by atoms with Crippen molar-refractivity contribution in [1.29, 1.82) is 0 Å². The number of furan rings is 1. The molecule has 0 spiro atoms. The number of aromatic nitrogens is 3. The van der Waals surface area contributed by atoms with Gasteiger partial charge in [0, 0.05) is 38.4 Å². The third kappa shape index (κ3) is 6.18. The van der Waals surface area contributed by atoms with Crippen LogP contribution in [0.2, 0.25) is 0 Å². The Morgan fingerprint density at radius 2 is 0.631 bits per heavy atom. The van der Waals surface area contributed by atoms with E-state index in [1.807, 2.05) is 60.7 Å². The summed E-state index contributed by atoms with van der Waals surface area (Å²) in [6.45, 7) is 0. The van der Waals surface area contributed by atoms with Crippen molar-refractivity contribution < 1.29 is 4.42 Å². The van der Waals surface area contributed by atoms with Crippen LogP contribution < -0.4 is 0 Å². The van der Waals surface area contributed by atoms with Crippen LogP contribution in [0.25, 0.3) is 133 Å². The van der Waals surface area contributed by atoms with Gasteiger partial charge in [-0.05, 0) is 83.7 Å². The van der Waals surface area contributed by atoms with Crippen LogP contribution in [-0.2, 0) is 0 Å². The summed E-state index contributed by atoms with van der Waals surface area (Å²) in [5, 5.41) is 12.0. The normalized spacial score (nSPS) is 11.7. The highest BCUT2D eigenvalue weighted by Crippen LogP contribution is 2.44. The number of rotatable bonds is 6. The van der Waals surface area contributed by atoms with Crippen molar-refractivity contribution in [3.8, 4) is 67.5 Å². The highest BCUT2D eigenvalue weighted by molar-refractivity contribution is 6.26. The van der Waals surface area contributed by atoms with E-state index < -0.39 is 0 Å². The Kier molecular flexibility index (Phi) is 8.50. The smallest absolute Gasteiger partial charge is 0.164 e. The number of hydrogen-bond donors (Lipinski definition) is 0. The van der Waals surface area contributed by atoms with Gasteiger partial charge in [-0.3, -0.25) is 0 Å². The second-order valence-electron chi connectivity index (χ2n) is 16.7. The minimum Gasteiger partial charge on any atom is -0.455 e. The lowest BCUT2D eigenvalue weighted by molar-refractivity contribution is 0.674. The predicted molar refractivity (Wildman–Crippen MR) is 270 cm³/mol. The Balaban J connectivity index is 0.903. The number of benzene rings is 11. The van der Waals surface area contributed by atoms with Crippen LogP contribution in [0.4, 0.5) is 0 Å². The molecule has 2 aromatic heterocycles. The van der Waals surface area contributed by atoms with Crippen LogP contribution in [0.3, 0.4) is 0 Å². The van der Waals surface area contributed by atoms with Crippen molar-refractivity contribution in [2.24, 2.45) is 0 Å². The monoisotopic (exact) mass is 827 g/mol. The fourth-order valence-corrected chi connectivity index (χ4v) is 9.78. The quantitative estimate of drug-likeness (QED) is 0.157. The summed E-state index contributed by atoms with van der Waals surface area (Å²) in [4.78, 5) is 14.8. The molecule has 13 rings (SSSR count). The molecule has 2 heterocycles. The van der Waals surface area contributed by atoms with Gasteiger partial charge in [0.25, 0.3) is 0 Å². The molecule has 65 heavy (non-hydrogen) atoms. The fourth-order valence-electron chi connectivity index (χ4n) is 9.78. The first-order chi connectivity index (χ1) is 32.2. The first-order valence-electron chi connectivity index (χ1n) is 22.0. The molecule has 4 nitrogen and oxygen atoms in total. The van der Waals surface area contributed by atoms with Crippen molar-refractivity contribution >= 4 is 65.0 Å². The largest absolute Gasteiger partial charge is 0.455 e. The molecule has 0 aliphatic rings. The van der Waals surface area contributed by atoms with Gasteiger partial charge in [0.05, 0.1) is 0 Å². The van der Waals surface area contributed by atoms with Gasteiger partial charge in [-0.1, -0.05) is 206 Å². The van der Waals surface area contributed by atoms with E-state index in [1.54, 1.807) is 0 Å². The summed E-state index contributed by atoms with van der Waals surface area (Å²) < 4.78 is 7.00. The maximum absolute atomic E-state index is 7.00. The number of para-hydroxylation sites is 1. The lowest BCUT2D eigenvalue weighted by Gasteiger charge is -2.12. The molecule has 11 aromatic carbocycles. The number of nitrogens with zero attached hydrogens (tertiary/aromatic N) is 3. The van der Waals surface area contributed by atoms with Gasteiger partial charge in [-0.15, -0.1) is 0 Å². The minimum atomic E-state index is 0.635. The minimum absolute atomic E-state index is 0.635. The molecule has 0 N–H and O–H groups in total. The Labute approximate surface area is 374 Å². The van der Waals surface area contributed by atoms with Crippen molar-refractivity contribution in [2.75, 3.05) is 0 Å². The van der Waals surface area contributed by atoms with E-state index in [1.165, 1.54) is 32.3 Å². The number of hydrogen-bond acceptors (Lipinski definition) is 4. The van der Waals surface area contributed by atoms with Gasteiger partial charge >= 0.3 is 0 Å². The van der Waals surface area contributed by atoms with Gasteiger partial charge in [0.1, 0.15) is 11.2 Å². The number of fused-ring (bicyclic) bond motifs is 11. The van der Waals surface area contributed by atoms with Crippen molar-refractivity contribution in [3.05, 3.63) is 224 Å².